The highest BCUT2D eigenvalue weighted by atomic mass is 79.9. The molecule has 0 nitrogen and oxygen atoms in total. The molecule has 5 heteroatoms. The average molecular weight is 382 g/mol. The first kappa shape index (κ1) is 13.2. The number of rotatable bonds is 2. The first-order valence-electron chi connectivity index (χ1n) is 4.84. The Morgan fingerprint density at radius 2 is 1.76 bits per heavy atom. The lowest BCUT2D eigenvalue weighted by Gasteiger charge is -2.11. The lowest BCUT2D eigenvalue weighted by molar-refractivity contribution is 0.560. The van der Waals surface area contributed by atoms with Crippen molar-refractivity contribution in [1.29, 1.82) is 0 Å². The molecule has 0 fully saturated rings. The zero-order chi connectivity index (χ0) is 12.6. The van der Waals surface area contributed by atoms with E-state index in [0.29, 0.717) is 4.47 Å². The van der Waals surface area contributed by atoms with E-state index in [9.17, 15) is 8.78 Å². The van der Waals surface area contributed by atoms with Crippen LogP contribution in [-0.2, 0) is 0 Å². The molecule has 0 saturated carbocycles. The molecule has 1 atom stereocenters. The van der Waals surface area contributed by atoms with Crippen molar-refractivity contribution < 1.29 is 8.78 Å². The van der Waals surface area contributed by atoms with Gasteiger partial charge in [-0.05, 0) is 31.2 Å². The molecule has 0 radical (unpaired) electrons. The summed E-state index contributed by atoms with van der Waals surface area (Å²) >= 11 is 7.93. The molecule has 1 aromatic carbocycles. The Kier molecular flexibility index (Phi) is 4.00. The fraction of sp³-hybridized carbons (Fsp3) is 0.167. The predicted octanol–water partition coefficient (Wildman–Crippen LogP) is 5.58. The molecule has 1 aromatic heterocycles. The number of benzene rings is 1. The highest BCUT2D eigenvalue weighted by Crippen LogP contribution is 2.38. The maximum atomic E-state index is 13.8. The van der Waals surface area contributed by atoms with E-state index >= 15 is 0 Å². The zero-order valence-electron chi connectivity index (χ0n) is 8.81. The number of hydrogen-bond donors (Lipinski definition) is 0. The maximum Gasteiger partial charge on any atom is 0.131 e. The fourth-order valence-electron chi connectivity index (χ4n) is 1.53. The van der Waals surface area contributed by atoms with Gasteiger partial charge in [-0.15, -0.1) is 11.3 Å². The van der Waals surface area contributed by atoms with E-state index in [2.05, 4.69) is 31.9 Å². The van der Waals surface area contributed by atoms with Crippen molar-refractivity contribution in [3.8, 4) is 0 Å². The second-order valence-electron chi connectivity index (χ2n) is 3.59. The van der Waals surface area contributed by atoms with Gasteiger partial charge >= 0.3 is 0 Å². The summed E-state index contributed by atoms with van der Waals surface area (Å²) in [7, 11) is 0. The third-order valence-corrected chi connectivity index (χ3v) is 5.09. The largest absolute Gasteiger partial charge is 0.206 e. The van der Waals surface area contributed by atoms with Crippen LogP contribution in [-0.4, -0.2) is 0 Å². The minimum absolute atomic E-state index is 0.0510. The summed E-state index contributed by atoms with van der Waals surface area (Å²) < 4.78 is 27.9. The number of hydrogen-bond acceptors (Lipinski definition) is 1. The molecule has 0 saturated heterocycles. The van der Waals surface area contributed by atoms with Crippen LogP contribution in [0.2, 0.25) is 0 Å². The molecular weight excluding hydrogens is 374 g/mol. The second-order valence-corrected chi connectivity index (χ2v) is 6.74. The first-order valence-corrected chi connectivity index (χ1v) is 7.36. The van der Waals surface area contributed by atoms with Crippen molar-refractivity contribution in [2.45, 2.75) is 11.8 Å². The number of halogens is 4. The summed E-state index contributed by atoms with van der Waals surface area (Å²) in [6, 6.07) is 6.35. The first-order chi connectivity index (χ1) is 7.99. The molecular formula is C12H8Br2F2S. The van der Waals surface area contributed by atoms with Crippen LogP contribution in [0.25, 0.3) is 0 Å². The van der Waals surface area contributed by atoms with Crippen LogP contribution in [0.4, 0.5) is 8.78 Å². The highest BCUT2D eigenvalue weighted by Gasteiger charge is 2.21. The van der Waals surface area contributed by atoms with Gasteiger partial charge < -0.3 is 0 Å². The van der Waals surface area contributed by atoms with Gasteiger partial charge in [-0.2, -0.15) is 0 Å². The minimum atomic E-state index is -0.551. The number of alkyl halides is 1. The Hall–Kier alpha value is -0.260. The van der Waals surface area contributed by atoms with Crippen molar-refractivity contribution >= 4 is 43.2 Å². The van der Waals surface area contributed by atoms with Crippen LogP contribution in [0.1, 0.15) is 20.1 Å². The monoisotopic (exact) mass is 380 g/mol. The van der Waals surface area contributed by atoms with Gasteiger partial charge in [-0.25, -0.2) is 8.78 Å². The molecule has 0 aliphatic rings. The summed E-state index contributed by atoms with van der Waals surface area (Å²) in [5, 5.41) is 0. The summed E-state index contributed by atoms with van der Waals surface area (Å²) in [6.07, 6.45) is 0. The van der Waals surface area contributed by atoms with Crippen molar-refractivity contribution in [2.24, 2.45) is 0 Å². The molecule has 2 rings (SSSR count). The molecule has 1 heterocycles. The molecule has 90 valence electrons. The standard InChI is InChI=1S/C12H8Br2F2S/c1-6-2-3-10(17-6)12(14)11-8(15)4-7(13)5-9(11)16/h2-5,12H,1H3. The smallest absolute Gasteiger partial charge is 0.131 e. The Morgan fingerprint density at radius 3 is 2.24 bits per heavy atom. The minimum Gasteiger partial charge on any atom is -0.206 e. The van der Waals surface area contributed by atoms with Crippen LogP contribution in [0, 0.1) is 18.6 Å². The quantitative estimate of drug-likeness (QED) is 0.595. The molecule has 0 aliphatic carbocycles. The van der Waals surface area contributed by atoms with E-state index in [0.717, 1.165) is 9.75 Å². The Balaban J connectivity index is 2.47. The number of aryl methyl sites for hydroxylation is 1. The van der Waals surface area contributed by atoms with E-state index in [4.69, 9.17) is 0 Å². The summed E-state index contributed by atoms with van der Waals surface area (Å²) in [5.41, 5.74) is 0.0510. The Morgan fingerprint density at radius 1 is 1.18 bits per heavy atom. The van der Waals surface area contributed by atoms with Crippen LogP contribution in [0.5, 0.6) is 0 Å². The average Bonchev–Trinajstić information content (AvgIpc) is 2.63. The molecule has 0 aliphatic heterocycles. The van der Waals surface area contributed by atoms with E-state index in [1.165, 1.54) is 23.5 Å². The molecule has 0 amide bonds. The maximum absolute atomic E-state index is 13.8. The van der Waals surface area contributed by atoms with Gasteiger partial charge in [0.25, 0.3) is 0 Å². The van der Waals surface area contributed by atoms with Crippen LogP contribution >= 0.6 is 43.2 Å². The van der Waals surface area contributed by atoms with Crippen LogP contribution < -0.4 is 0 Å². The number of thiophene rings is 1. The van der Waals surface area contributed by atoms with Gasteiger partial charge in [0.1, 0.15) is 11.6 Å². The lowest BCUT2D eigenvalue weighted by Crippen LogP contribution is -1.99. The molecule has 1 unspecified atom stereocenters. The third-order valence-electron chi connectivity index (χ3n) is 2.31. The van der Waals surface area contributed by atoms with Gasteiger partial charge in [-0.3, -0.25) is 0 Å². The zero-order valence-corrected chi connectivity index (χ0v) is 12.8. The van der Waals surface area contributed by atoms with Crippen LogP contribution in [0.3, 0.4) is 0 Å². The molecule has 0 bridgehead atoms. The SMILES string of the molecule is Cc1ccc(C(Br)c2c(F)cc(Br)cc2F)s1. The lowest BCUT2D eigenvalue weighted by atomic mass is 10.1. The highest BCUT2D eigenvalue weighted by molar-refractivity contribution is 9.10. The second kappa shape index (κ2) is 5.16. The topological polar surface area (TPSA) is 0 Å². The van der Waals surface area contributed by atoms with Crippen molar-refractivity contribution in [1.82, 2.24) is 0 Å². The molecule has 17 heavy (non-hydrogen) atoms. The normalized spacial score (nSPS) is 12.8. The molecule has 0 N–H and O–H groups in total. The van der Waals surface area contributed by atoms with Gasteiger partial charge in [0.2, 0.25) is 0 Å². The summed E-state index contributed by atoms with van der Waals surface area (Å²) in [5.74, 6) is -1.10. The Labute approximate surface area is 119 Å². The summed E-state index contributed by atoms with van der Waals surface area (Å²) in [6.45, 7) is 1.96. The van der Waals surface area contributed by atoms with Crippen LogP contribution in [0.15, 0.2) is 28.7 Å². The van der Waals surface area contributed by atoms with E-state index in [-0.39, 0.29) is 5.56 Å². The van der Waals surface area contributed by atoms with E-state index in [1.54, 1.807) is 0 Å². The fourth-order valence-corrected chi connectivity index (χ4v) is 3.66. The van der Waals surface area contributed by atoms with Gasteiger partial charge in [0.15, 0.2) is 0 Å². The van der Waals surface area contributed by atoms with Crippen molar-refractivity contribution in [2.75, 3.05) is 0 Å². The van der Waals surface area contributed by atoms with E-state index in [1.807, 2.05) is 19.1 Å². The summed E-state index contributed by atoms with van der Waals surface area (Å²) in [4.78, 5) is 1.55. The van der Waals surface area contributed by atoms with E-state index < -0.39 is 16.5 Å². The third kappa shape index (κ3) is 2.77. The molecule has 2 aromatic rings. The predicted molar refractivity (Wildman–Crippen MR) is 73.9 cm³/mol. The van der Waals surface area contributed by atoms with Gasteiger partial charge in [0, 0.05) is 19.8 Å². The van der Waals surface area contributed by atoms with Crippen molar-refractivity contribution in [3.05, 3.63) is 55.7 Å². The Bertz CT molecular complexity index is 528. The van der Waals surface area contributed by atoms with Gasteiger partial charge in [0.05, 0.1) is 4.83 Å². The molecule has 0 spiro atoms. The van der Waals surface area contributed by atoms with Crippen molar-refractivity contribution in [3.63, 3.8) is 0 Å². The van der Waals surface area contributed by atoms with Gasteiger partial charge in [-0.1, -0.05) is 31.9 Å².